The molecule has 156 valence electrons. The molecule has 1 saturated heterocycles. The summed E-state index contributed by atoms with van der Waals surface area (Å²) in [5, 5.41) is 20.6. The summed E-state index contributed by atoms with van der Waals surface area (Å²) in [4.78, 5) is 15.2. The predicted molar refractivity (Wildman–Crippen MR) is 123 cm³/mol. The van der Waals surface area contributed by atoms with Gasteiger partial charge in [0.2, 0.25) is 0 Å². The molecular weight excluding hydrogens is 375 g/mol. The Morgan fingerprint density at radius 2 is 2.00 bits per heavy atom. The average Bonchev–Trinajstić information content (AvgIpc) is 2.77. The molecule has 0 bridgehead atoms. The minimum absolute atomic E-state index is 0.0217. The number of carbonyl (C=O) groups is 1. The van der Waals surface area contributed by atoms with E-state index in [1.807, 2.05) is 36.1 Å². The van der Waals surface area contributed by atoms with Crippen molar-refractivity contribution in [2.45, 2.75) is 19.8 Å². The van der Waals surface area contributed by atoms with Crippen molar-refractivity contribution in [3.8, 4) is 0 Å². The lowest BCUT2D eigenvalue weighted by molar-refractivity contribution is 0.0705. The number of likely N-dealkylation sites (tertiary alicyclic amines) is 1. The first-order valence-corrected chi connectivity index (χ1v) is 10.3. The molecule has 0 spiro atoms. The number of hydrogen-bond donors (Lipinski definition) is 3. The first-order valence-electron chi connectivity index (χ1n) is 10.3. The van der Waals surface area contributed by atoms with Gasteiger partial charge >= 0.3 is 7.12 Å². The van der Waals surface area contributed by atoms with Crippen molar-refractivity contribution in [3.05, 3.63) is 77.9 Å². The molecule has 0 radical (unpaired) electrons. The van der Waals surface area contributed by atoms with Crippen molar-refractivity contribution in [2.75, 3.05) is 19.6 Å². The first-order chi connectivity index (χ1) is 14.4. The molecule has 4 N–H and O–H groups in total. The van der Waals surface area contributed by atoms with Gasteiger partial charge in [-0.3, -0.25) is 4.79 Å². The van der Waals surface area contributed by atoms with Crippen molar-refractivity contribution in [2.24, 2.45) is 11.7 Å². The van der Waals surface area contributed by atoms with Crippen molar-refractivity contribution in [1.29, 1.82) is 0 Å². The van der Waals surface area contributed by atoms with Crippen LogP contribution in [0.4, 0.5) is 0 Å². The van der Waals surface area contributed by atoms with Crippen LogP contribution in [0.1, 0.15) is 30.1 Å². The standard InChI is InChI=1S/C24H29BN2O3/c1-3-5-20(14-17(2)16-26)18-10-12-27(13-11-18)24(28)22-7-4-6-19-8-9-21(25(29)30)15-23(19)22/h3-9,14-15,18,29-30H,1,10-13,16,26H2,2H3. The van der Waals surface area contributed by atoms with Crippen LogP contribution in [0.15, 0.2) is 72.4 Å². The lowest BCUT2D eigenvalue weighted by atomic mass is 9.79. The molecule has 3 rings (SSSR count). The molecule has 0 saturated carbocycles. The minimum Gasteiger partial charge on any atom is -0.423 e. The fraction of sp³-hybridized carbons (Fsp3) is 0.292. The number of carbonyl (C=O) groups excluding carboxylic acids is 1. The smallest absolute Gasteiger partial charge is 0.423 e. The molecule has 5 nitrogen and oxygen atoms in total. The largest absolute Gasteiger partial charge is 0.488 e. The van der Waals surface area contributed by atoms with Crippen LogP contribution in [0, 0.1) is 5.92 Å². The number of nitrogens with zero attached hydrogens (tertiary/aromatic N) is 1. The zero-order valence-electron chi connectivity index (χ0n) is 17.4. The molecule has 2 aromatic rings. The second-order valence-electron chi connectivity index (χ2n) is 7.82. The average molecular weight is 404 g/mol. The molecular formula is C24H29BN2O3. The second kappa shape index (κ2) is 9.89. The van der Waals surface area contributed by atoms with E-state index in [-0.39, 0.29) is 5.91 Å². The Bertz CT molecular complexity index is 989. The van der Waals surface area contributed by atoms with Crippen LogP contribution in [0.25, 0.3) is 10.8 Å². The lowest BCUT2D eigenvalue weighted by Crippen LogP contribution is -2.39. The molecule has 30 heavy (non-hydrogen) atoms. The van der Waals surface area contributed by atoms with E-state index in [4.69, 9.17) is 5.73 Å². The highest BCUT2D eigenvalue weighted by Crippen LogP contribution is 2.28. The SMILES string of the molecule is C=CC=C(C=C(C)CN)C1CCN(C(=O)c2cccc3ccc(B(O)O)cc23)CC1. The molecule has 0 unspecified atom stereocenters. The Balaban J connectivity index is 1.79. The number of nitrogens with two attached hydrogens (primary N) is 1. The maximum absolute atomic E-state index is 13.3. The highest BCUT2D eigenvalue weighted by Gasteiger charge is 2.26. The van der Waals surface area contributed by atoms with Crippen LogP contribution < -0.4 is 11.2 Å². The van der Waals surface area contributed by atoms with E-state index in [0.717, 1.165) is 29.2 Å². The van der Waals surface area contributed by atoms with Gasteiger partial charge in [-0.25, -0.2) is 0 Å². The Labute approximate surface area is 178 Å². The number of rotatable bonds is 6. The fourth-order valence-electron chi connectivity index (χ4n) is 4.01. The summed E-state index contributed by atoms with van der Waals surface area (Å²) in [6, 6.07) is 10.8. The molecule has 1 aliphatic rings. The van der Waals surface area contributed by atoms with Gasteiger partial charge in [-0.05, 0) is 53.6 Å². The third-order valence-corrected chi connectivity index (χ3v) is 5.73. The van der Waals surface area contributed by atoms with Crippen LogP contribution in [0.5, 0.6) is 0 Å². The highest BCUT2D eigenvalue weighted by atomic mass is 16.4. The molecule has 1 aliphatic heterocycles. The number of hydrogen-bond acceptors (Lipinski definition) is 4. The lowest BCUT2D eigenvalue weighted by Gasteiger charge is -2.33. The third kappa shape index (κ3) is 4.90. The van der Waals surface area contributed by atoms with Gasteiger partial charge in [0, 0.05) is 25.2 Å². The quantitative estimate of drug-likeness (QED) is 0.510. The van der Waals surface area contributed by atoms with E-state index in [1.54, 1.807) is 24.3 Å². The molecule has 0 atom stereocenters. The summed E-state index contributed by atoms with van der Waals surface area (Å²) in [6.45, 7) is 7.71. The Hall–Kier alpha value is -2.67. The third-order valence-electron chi connectivity index (χ3n) is 5.73. The van der Waals surface area contributed by atoms with Crippen molar-refractivity contribution >= 4 is 29.3 Å². The van der Waals surface area contributed by atoms with E-state index in [0.29, 0.717) is 36.6 Å². The van der Waals surface area contributed by atoms with Gasteiger partial charge in [0.25, 0.3) is 5.91 Å². The van der Waals surface area contributed by atoms with Gasteiger partial charge in [-0.2, -0.15) is 0 Å². The summed E-state index contributed by atoms with van der Waals surface area (Å²) < 4.78 is 0. The highest BCUT2D eigenvalue weighted by molar-refractivity contribution is 6.59. The molecule has 1 heterocycles. The van der Waals surface area contributed by atoms with Gasteiger partial charge in [-0.1, -0.05) is 60.7 Å². The Morgan fingerprint density at radius 1 is 1.27 bits per heavy atom. The van der Waals surface area contributed by atoms with Crippen LogP contribution in [-0.4, -0.2) is 47.6 Å². The normalized spacial score (nSPS) is 16.1. The predicted octanol–water partition coefficient (Wildman–Crippen LogP) is 2.39. The van der Waals surface area contributed by atoms with E-state index in [9.17, 15) is 14.8 Å². The van der Waals surface area contributed by atoms with E-state index >= 15 is 0 Å². The molecule has 1 amide bonds. The topological polar surface area (TPSA) is 86.8 Å². The van der Waals surface area contributed by atoms with Crippen LogP contribution >= 0.6 is 0 Å². The zero-order chi connectivity index (χ0) is 21.7. The minimum atomic E-state index is -1.56. The number of amides is 1. The van der Waals surface area contributed by atoms with Gasteiger partial charge in [0.1, 0.15) is 0 Å². The maximum Gasteiger partial charge on any atom is 0.488 e. The van der Waals surface area contributed by atoms with Gasteiger partial charge in [0.05, 0.1) is 0 Å². The summed E-state index contributed by atoms with van der Waals surface area (Å²) in [5.41, 5.74) is 9.05. The fourth-order valence-corrected chi connectivity index (χ4v) is 4.01. The molecule has 2 aromatic carbocycles. The molecule has 1 fully saturated rings. The van der Waals surface area contributed by atoms with Crippen molar-refractivity contribution in [3.63, 3.8) is 0 Å². The van der Waals surface area contributed by atoms with E-state index in [2.05, 4.69) is 12.7 Å². The summed E-state index contributed by atoms with van der Waals surface area (Å²) in [5.74, 6) is 0.351. The second-order valence-corrected chi connectivity index (χ2v) is 7.82. The van der Waals surface area contributed by atoms with E-state index < -0.39 is 7.12 Å². The number of fused-ring (bicyclic) bond motifs is 1. The monoisotopic (exact) mass is 404 g/mol. The molecule has 0 aromatic heterocycles. The Morgan fingerprint density at radius 3 is 2.63 bits per heavy atom. The first kappa shape index (κ1) is 22.0. The summed E-state index contributed by atoms with van der Waals surface area (Å²) in [7, 11) is -1.56. The number of benzene rings is 2. The maximum atomic E-state index is 13.3. The van der Waals surface area contributed by atoms with Crippen LogP contribution in [-0.2, 0) is 0 Å². The molecule has 0 aliphatic carbocycles. The van der Waals surface area contributed by atoms with Gasteiger partial charge < -0.3 is 20.7 Å². The van der Waals surface area contributed by atoms with Crippen LogP contribution in [0.3, 0.4) is 0 Å². The van der Waals surface area contributed by atoms with Crippen molar-refractivity contribution < 1.29 is 14.8 Å². The van der Waals surface area contributed by atoms with Crippen molar-refractivity contribution in [1.82, 2.24) is 4.90 Å². The number of allylic oxidation sites excluding steroid dienone is 4. The van der Waals surface area contributed by atoms with Gasteiger partial charge in [-0.15, -0.1) is 0 Å². The van der Waals surface area contributed by atoms with Crippen LogP contribution in [0.2, 0.25) is 0 Å². The Kier molecular flexibility index (Phi) is 7.26. The summed E-state index contributed by atoms with van der Waals surface area (Å²) in [6.07, 6.45) is 7.73. The number of piperidine rings is 1. The zero-order valence-corrected chi connectivity index (χ0v) is 17.4. The van der Waals surface area contributed by atoms with E-state index in [1.165, 1.54) is 5.57 Å². The summed E-state index contributed by atoms with van der Waals surface area (Å²) >= 11 is 0. The van der Waals surface area contributed by atoms with Gasteiger partial charge in [0.15, 0.2) is 0 Å². The molecule has 6 heteroatoms.